The van der Waals surface area contributed by atoms with Gasteiger partial charge in [0.05, 0.1) is 30.6 Å². The van der Waals surface area contributed by atoms with Gasteiger partial charge in [0.2, 0.25) is 0 Å². The van der Waals surface area contributed by atoms with Gasteiger partial charge in [-0.1, -0.05) is 12.1 Å². The molecule has 5 rings (SSSR count). The number of ether oxygens (including phenoxy) is 1. The number of imidazole rings is 1. The number of piperazine rings is 1. The van der Waals surface area contributed by atoms with Gasteiger partial charge in [0.1, 0.15) is 11.4 Å². The maximum Gasteiger partial charge on any atom is 0.254 e. The summed E-state index contributed by atoms with van der Waals surface area (Å²) in [4.78, 5) is 21.7. The number of fused-ring (bicyclic) bond motifs is 1. The number of aromatic nitrogens is 2. The van der Waals surface area contributed by atoms with Crippen LogP contribution in [0.4, 0.5) is 0 Å². The minimum Gasteiger partial charge on any atom is -0.496 e. The number of carbonyl (C=O) groups is 1. The minimum absolute atomic E-state index is 0.0334. The molecule has 7 nitrogen and oxygen atoms in total. The number of nitrogens with zero attached hydrogens (tertiary/aromatic N) is 5. The second kappa shape index (κ2) is 9.00. The zero-order valence-electron chi connectivity index (χ0n) is 19.2. The van der Waals surface area contributed by atoms with Gasteiger partial charge in [0, 0.05) is 54.6 Å². The quantitative estimate of drug-likeness (QED) is 0.470. The summed E-state index contributed by atoms with van der Waals surface area (Å²) < 4.78 is 7.72. The molecule has 1 aliphatic rings. The maximum absolute atomic E-state index is 13.0. The molecule has 0 saturated carbocycles. The second-order valence-electron chi connectivity index (χ2n) is 8.49. The minimum atomic E-state index is 0.0334. The van der Waals surface area contributed by atoms with Crippen molar-refractivity contribution in [3.05, 3.63) is 78.1 Å². The van der Waals surface area contributed by atoms with E-state index < -0.39 is 0 Å². The topological polar surface area (TPSA) is 73.9 Å². The van der Waals surface area contributed by atoms with Gasteiger partial charge in [0.25, 0.3) is 5.91 Å². The summed E-state index contributed by atoms with van der Waals surface area (Å²) in [6.45, 7) is 3.23. The van der Waals surface area contributed by atoms with Crippen molar-refractivity contribution in [3.63, 3.8) is 0 Å². The molecule has 34 heavy (non-hydrogen) atoms. The van der Waals surface area contributed by atoms with E-state index in [0.29, 0.717) is 16.9 Å². The SMILES string of the molecule is COc1cc(C(=O)N2CCN(C)CC2)ccc1-c1ccc2ncc(-c3ccc(C#N)cc3)n2c1. The van der Waals surface area contributed by atoms with E-state index in [1.807, 2.05) is 64.2 Å². The van der Waals surface area contributed by atoms with Gasteiger partial charge in [-0.2, -0.15) is 5.26 Å². The van der Waals surface area contributed by atoms with Crippen LogP contribution in [0.3, 0.4) is 0 Å². The van der Waals surface area contributed by atoms with Gasteiger partial charge >= 0.3 is 0 Å². The van der Waals surface area contributed by atoms with E-state index >= 15 is 0 Å². The van der Waals surface area contributed by atoms with E-state index in [4.69, 9.17) is 10.00 Å². The van der Waals surface area contributed by atoms with E-state index in [9.17, 15) is 4.79 Å². The normalized spacial score (nSPS) is 14.2. The Morgan fingerprint density at radius 3 is 2.44 bits per heavy atom. The van der Waals surface area contributed by atoms with E-state index in [1.54, 1.807) is 19.2 Å². The van der Waals surface area contributed by atoms with Gasteiger partial charge < -0.3 is 14.5 Å². The van der Waals surface area contributed by atoms with Gasteiger partial charge in [-0.05, 0) is 49.5 Å². The van der Waals surface area contributed by atoms with Crippen LogP contribution in [0, 0.1) is 11.3 Å². The first kappa shape index (κ1) is 21.7. The first-order chi connectivity index (χ1) is 16.6. The van der Waals surface area contributed by atoms with Gasteiger partial charge in [-0.3, -0.25) is 9.20 Å². The molecule has 0 N–H and O–H groups in total. The molecule has 0 atom stereocenters. The van der Waals surface area contributed by atoms with Crippen molar-refractivity contribution in [2.75, 3.05) is 40.3 Å². The molecule has 1 fully saturated rings. The largest absolute Gasteiger partial charge is 0.496 e. The van der Waals surface area contributed by atoms with Crippen LogP contribution in [0.25, 0.3) is 28.0 Å². The number of rotatable bonds is 4. The number of likely N-dealkylation sites (N-methyl/N-ethyl adjacent to an activating group) is 1. The summed E-state index contributed by atoms with van der Waals surface area (Å²) in [5, 5.41) is 9.08. The van der Waals surface area contributed by atoms with Crippen LogP contribution in [0.1, 0.15) is 15.9 Å². The third-order valence-electron chi connectivity index (χ3n) is 6.37. The van der Waals surface area contributed by atoms with Gasteiger partial charge in [0.15, 0.2) is 0 Å². The van der Waals surface area contributed by atoms with E-state index in [2.05, 4.69) is 23.0 Å². The van der Waals surface area contributed by atoms with Crippen molar-refractivity contribution in [1.29, 1.82) is 5.26 Å². The Balaban J connectivity index is 1.49. The molecule has 1 saturated heterocycles. The van der Waals surface area contributed by atoms with Crippen LogP contribution in [0.15, 0.2) is 67.0 Å². The van der Waals surface area contributed by atoms with Crippen LogP contribution < -0.4 is 4.74 Å². The van der Waals surface area contributed by atoms with Crippen molar-refractivity contribution in [2.45, 2.75) is 0 Å². The molecular formula is C27H25N5O2. The lowest BCUT2D eigenvalue weighted by Gasteiger charge is -2.32. The van der Waals surface area contributed by atoms with E-state index in [0.717, 1.165) is 54.2 Å². The Morgan fingerprint density at radius 2 is 1.74 bits per heavy atom. The summed E-state index contributed by atoms with van der Waals surface area (Å²) in [5.41, 5.74) is 5.84. The van der Waals surface area contributed by atoms with Crippen LogP contribution in [-0.2, 0) is 0 Å². The summed E-state index contributed by atoms with van der Waals surface area (Å²) in [6, 6.07) is 19.2. The van der Waals surface area contributed by atoms with E-state index in [-0.39, 0.29) is 5.91 Å². The average molecular weight is 452 g/mol. The lowest BCUT2D eigenvalue weighted by atomic mass is 10.0. The Morgan fingerprint density at radius 1 is 1.00 bits per heavy atom. The first-order valence-corrected chi connectivity index (χ1v) is 11.2. The number of pyridine rings is 1. The first-order valence-electron chi connectivity index (χ1n) is 11.2. The number of nitriles is 1. The lowest BCUT2D eigenvalue weighted by Crippen LogP contribution is -2.47. The van der Waals surface area contributed by atoms with Crippen molar-refractivity contribution in [1.82, 2.24) is 19.2 Å². The Kier molecular flexibility index (Phi) is 5.74. The van der Waals surface area contributed by atoms with Crippen LogP contribution in [-0.4, -0.2) is 65.4 Å². The summed E-state index contributed by atoms with van der Waals surface area (Å²) >= 11 is 0. The number of hydrogen-bond acceptors (Lipinski definition) is 5. The molecule has 2 aromatic heterocycles. The third kappa shape index (κ3) is 4.00. The predicted octanol–water partition coefficient (Wildman–Crippen LogP) is 3.94. The highest BCUT2D eigenvalue weighted by atomic mass is 16.5. The number of benzene rings is 2. The maximum atomic E-state index is 13.0. The summed E-state index contributed by atoms with van der Waals surface area (Å²) in [5.74, 6) is 0.686. The molecule has 0 aliphatic carbocycles. The molecule has 2 aromatic carbocycles. The fourth-order valence-electron chi connectivity index (χ4n) is 4.32. The Bertz CT molecular complexity index is 1390. The van der Waals surface area contributed by atoms with Crippen molar-refractivity contribution in [3.8, 4) is 34.2 Å². The van der Waals surface area contributed by atoms with Gasteiger partial charge in [-0.15, -0.1) is 0 Å². The Hall–Kier alpha value is -4.15. The average Bonchev–Trinajstić information content (AvgIpc) is 3.31. The molecule has 170 valence electrons. The lowest BCUT2D eigenvalue weighted by molar-refractivity contribution is 0.0664. The molecule has 0 bridgehead atoms. The number of hydrogen-bond donors (Lipinski definition) is 0. The molecule has 0 unspecified atom stereocenters. The van der Waals surface area contributed by atoms with E-state index in [1.165, 1.54) is 0 Å². The highest BCUT2D eigenvalue weighted by Crippen LogP contribution is 2.33. The molecule has 4 aromatic rings. The molecule has 3 heterocycles. The Labute approximate surface area is 198 Å². The molecule has 1 aliphatic heterocycles. The fourth-order valence-corrected chi connectivity index (χ4v) is 4.32. The van der Waals surface area contributed by atoms with Crippen molar-refractivity contribution in [2.24, 2.45) is 0 Å². The molecule has 7 heteroatoms. The monoisotopic (exact) mass is 451 g/mol. The highest BCUT2D eigenvalue weighted by Gasteiger charge is 2.21. The van der Waals surface area contributed by atoms with Gasteiger partial charge in [-0.25, -0.2) is 4.98 Å². The summed E-state index contributed by atoms with van der Waals surface area (Å²) in [7, 11) is 3.70. The number of carbonyl (C=O) groups excluding carboxylic acids is 1. The van der Waals surface area contributed by atoms with Crippen molar-refractivity contribution < 1.29 is 9.53 Å². The third-order valence-corrected chi connectivity index (χ3v) is 6.37. The fraction of sp³-hybridized carbons (Fsp3) is 0.222. The highest BCUT2D eigenvalue weighted by molar-refractivity contribution is 5.95. The zero-order chi connectivity index (χ0) is 23.7. The van der Waals surface area contributed by atoms with Crippen LogP contribution in [0.5, 0.6) is 5.75 Å². The summed E-state index contributed by atoms with van der Waals surface area (Å²) in [6.07, 6.45) is 3.85. The second-order valence-corrected chi connectivity index (χ2v) is 8.49. The predicted molar refractivity (Wildman–Crippen MR) is 131 cm³/mol. The number of amides is 1. The van der Waals surface area contributed by atoms with Crippen LogP contribution >= 0.6 is 0 Å². The molecule has 1 amide bonds. The standard InChI is InChI=1S/C27H25N5O2/c1-30-11-13-31(14-12-30)27(33)21-7-9-23(25(15-21)34-2)22-8-10-26-29-17-24(32(26)18-22)20-5-3-19(16-28)4-6-20/h3-10,15,17-18H,11-14H2,1-2H3. The molecule has 0 radical (unpaired) electrons. The smallest absolute Gasteiger partial charge is 0.254 e. The molecular weight excluding hydrogens is 426 g/mol. The number of methoxy groups -OCH3 is 1. The van der Waals surface area contributed by atoms with Crippen LogP contribution in [0.2, 0.25) is 0 Å². The zero-order valence-corrected chi connectivity index (χ0v) is 19.2. The van der Waals surface area contributed by atoms with Crippen molar-refractivity contribution >= 4 is 11.6 Å². The molecule has 0 spiro atoms.